The molecule has 2 amide bonds. The predicted molar refractivity (Wildman–Crippen MR) is 129 cm³/mol. The second kappa shape index (κ2) is 10.6. The van der Waals surface area contributed by atoms with Crippen LogP contribution in [0.5, 0.6) is 0 Å². The van der Waals surface area contributed by atoms with Gasteiger partial charge in [0.15, 0.2) is 0 Å². The second-order valence-electron chi connectivity index (χ2n) is 7.54. The SMILES string of the molecule is Cc1ccc(CNC(=O)C(=O)N/N=C\c2cc(Cl)ccc2Nc2cc(C)ccc2C)cc1. The molecule has 0 fully saturated rings. The first-order valence-electron chi connectivity index (χ1n) is 10.1. The lowest BCUT2D eigenvalue weighted by atomic mass is 10.1. The molecule has 0 heterocycles. The topological polar surface area (TPSA) is 82.6 Å². The van der Waals surface area contributed by atoms with Crippen LogP contribution in [-0.4, -0.2) is 18.0 Å². The molecule has 3 aromatic rings. The summed E-state index contributed by atoms with van der Waals surface area (Å²) in [6.45, 7) is 6.28. The molecule has 0 aliphatic rings. The van der Waals surface area contributed by atoms with E-state index < -0.39 is 11.8 Å². The molecule has 0 atom stereocenters. The third-order valence-electron chi connectivity index (χ3n) is 4.83. The number of halogens is 1. The zero-order chi connectivity index (χ0) is 23.1. The van der Waals surface area contributed by atoms with Gasteiger partial charge in [-0.3, -0.25) is 9.59 Å². The summed E-state index contributed by atoms with van der Waals surface area (Å²) in [6, 6.07) is 19.1. The Morgan fingerprint density at radius 1 is 0.875 bits per heavy atom. The van der Waals surface area contributed by atoms with Crippen LogP contribution in [0.3, 0.4) is 0 Å². The van der Waals surface area contributed by atoms with Crippen molar-refractivity contribution in [2.45, 2.75) is 27.3 Å². The smallest absolute Gasteiger partial charge is 0.329 e. The number of rotatable bonds is 6. The Morgan fingerprint density at radius 3 is 2.34 bits per heavy atom. The number of anilines is 2. The fourth-order valence-electron chi connectivity index (χ4n) is 2.95. The Morgan fingerprint density at radius 2 is 1.59 bits per heavy atom. The van der Waals surface area contributed by atoms with Crippen LogP contribution >= 0.6 is 11.6 Å². The number of carbonyl (C=O) groups excluding carboxylic acids is 2. The molecule has 0 aromatic heterocycles. The van der Waals surface area contributed by atoms with Crippen LogP contribution in [0.2, 0.25) is 5.02 Å². The van der Waals surface area contributed by atoms with Gasteiger partial charge in [0.2, 0.25) is 0 Å². The standard InChI is InChI=1S/C25H25ClN4O2/c1-16-5-8-19(9-6-16)14-27-24(31)25(32)30-28-15-20-13-21(26)10-11-22(20)29-23-12-17(2)4-7-18(23)3/h4-13,15,29H,14H2,1-3H3,(H,27,31)(H,30,32)/b28-15-. The van der Waals surface area contributed by atoms with E-state index in [-0.39, 0.29) is 6.54 Å². The molecule has 0 aliphatic heterocycles. The van der Waals surface area contributed by atoms with Crippen molar-refractivity contribution >= 4 is 41.0 Å². The summed E-state index contributed by atoms with van der Waals surface area (Å²) >= 11 is 6.14. The normalized spacial score (nSPS) is 10.8. The molecule has 0 radical (unpaired) electrons. The Labute approximate surface area is 192 Å². The van der Waals surface area contributed by atoms with Crippen LogP contribution in [-0.2, 0) is 16.1 Å². The van der Waals surface area contributed by atoms with Crippen LogP contribution in [0.4, 0.5) is 11.4 Å². The maximum absolute atomic E-state index is 12.1. The Hall–Kier alpha value is -3.64. The van der Waals surface area contributed by atoms with Crippen LogP contribution in [0, 0.1) is 20.8 Å². The number of nitrogens with one attached hydrogen (secondary N) is 3. The minimum absolute atomic E-state index is 0.258. The fourth-order valence-corrected chi connectivity index (χ4v) is 3.13. The largest absolute Gasteiger partial charge is 0.355 e. The van der Waals surface area contributed by atoms with Gasteiger partial charge in [-0.2, -0.15) is 5.10 Å². The van der Waals surface area contributed by atoms with Crippen molar-refractivity contribution in [3.05, 3.63) is 93.5 Å². The first-order valence-corrected chi connectivity index (χ1v) is 10.5. The number of hydrogen-bond donors (Lipinski definition) is 3. The van der Waals surface area contributed by atoms with Gasteiger partial charge in [0.25, 0.3) is 0 Å². The van der Waals surface area contributed by atoms with Gasteiger partial charge in [0.05, 0.1) is 6.21 Å². The zero-order valence-corrected chi connectivity index (χ0v) is 19.0. The number of hydrazone groups is 1. The van der Waals surface area contributed by atoms with Crippen molar-refractivity contribution in [3.8, 4) is 0 Å². The summed E-state index contributed by atoms with van der Waals surface area (Å²) in [5.41, 5.74) is 8.90. The molecule has 164 valence electrons. The third kappa shape index (κ3) is 6.43. The highest BCUT2D eigenvalue weighted by Gasteiger charge is 2.12. The fraction of sp³-hybridized carbons (Fsp3) is 0.160. The molecule has 7 heteroatoms. The second-order valence-corrected chi connectivity index (χ2v) is 7.98. The maximum atomic E-state index is 12.1. The van der Waals surface area contributed by atoms with Gasteiger partial charge in [-0.15, -0.1) is 0 Å². The van der Waals surface area contributed by atoms with Crippen LogP contribution in [0.15, 0.2) is 65.8 Å². The van der Waals surface area contributed by atoms with E-state index in [4.69, 9.17) is 11.6 Å². The van der Waals surface area contributed by atoms with Crippen LogP contribution < -0.4 is 16.1 Å². The van der Waals surface area contributed by atoms with Crippen molar-refractivity contribution in [2.75, 3.05) is 5.32 Å². The number of hydrogen-bond acceptors (Lipinski definition) is 4. The Kier molecular flexibility index (Phi) is 7.63. The monoisotopic (exact) mass is 448 g/mol. The van der Waals surface area contributed by atoms with Gasteiger partial charge in [0.1, 0.15) is 0 Å². The average molecular weight is 449 g/mol. The minimum Gasteiger partial charge on any atom is -0.355 e. The lowest BCUT2D eigenvalue weighted by Crippen LogP contribution is -2.37. The predicted octanol–water partition coefficient (Wildman–Crippen LogP) is 4.78. The molecule has 3 N–H and O–H groups in total. The highest BCUT2D eigenvalue weighted by atomic mass is 35.5. The van der Waals surface area contributed by atoms with Crippen molar-refractivity contribution in [1.82, 2.24) is 10.7 Å². The number of nitrogens with zero attached hydrogens (tertiary/aromatic N) is 1. The highest BCUT2D eigenvalue weighted by Crippen LogP contribution is 2.26. The summed E-state index contributed by atoms with van der Waals surface area (Å²) in [6.07, 6.45) is 1.45. The van der Waals surface area contributed by atoms with E-state index >= 15 is 0 Å². The average Bonchev–Trinajstić information content (AvgIpc) is 2.77. The summed E-state index contributed by atoms with van der Waals surface area (Å²) in [7, 11) is 0. The number of aryl methyl sites for hydroxylation is 3. The first-order chi connectivity index (χ1) is 15.3. The van der Waals surface area contributed by atoms with Gasteiger partial charge < -0.3 is 10.6 Å². The van der Waals surface area contributed by atoms with Gasteiger partial charge in [-0.1, -0.05) is 53.6 Å². The van der Waals surface area contributed by atoms with Gasteiger partial charge >= 0.3 is 11.8 Å². The summed E-state index contributed by atoms with van der Waals surface area (Å²) in [5.74, 6) is -1.61. The summed E-state index contributed by atoms with van der Waals surface area (Å²) in [5, 5.41) is 10.4. The Bertz CT molecular complexity index is 1160. The van der Waals surface area contributed by atoms with Crippen molar-refractivity contribution in [3.63, 3.8) is 0 Å². The summed E-state index contributed by atoms with van der Waals surface area (Å²) < 4.78 is 0. The quantitative estimate of drug-likeness (QED) is 0.288. The molecule has 0 spiro atoms. The molecule has 3 aromatic carbocycles. The maximum Gasteiger partial charge on any atom is 0.329 e. The lowest BCUT2D eigenvalue weighted by molar-refractivity contribution is -0.139. The van der Waals surface area contributed by atoms with Gasteiger partial charge in [-0.25, -0.2) is 5.43 Å². The Balaban J connectivity index is 1.63. The summed E-state index contributed by atoms with van der Waals surface area (Å²) in [4.78, 5) is 24.1. The van der Waals surface area contributed by atoms with E-state index in [1.807, 2.05) is 69.3 Å². The molecule has 0 bridgehead atoms. The van der Waals surface area contributed by atoms with Gasteiger partial charge in [-0.05, 0) is 61.7 Å². The van der Waals surface area contributed by atoms with Crippen molar-refractivity contribution in [1.29, 1.82) is 0 Å². The van der Waals surface area contributed by atoms with Crippen LogP contribution in [0.1, 0.15) is 27.8 Å². The number of benzene rings is 3. The molecular weight excluding hydrogens is 424 g/mol. The molecule has 0 unspecified atom stereocenters. The molecular formula is C25H25ClN4O2. The minimum atomic E-state index is -0.848. The van der Waals surface area contributed by atoms with Crippen LogP contribution in [0.25, 0.3) is 0 Å². The molecule has 3 rings (SSSR count). The number of amides is 2. The molecule has 6 nitrogen and oxygen atoms in total. The molecule has 0 saturated heterocycles. The third-order valence-corrected chi connectivity index (χ3v) is 5.06. The van der Waals surface area contributed by atoms with E-state index in [2.05, 4.69) is 21.2 Å². The first kappa shape index (κ1) is 23.0. The van der Waals surface area contributed by atoms with Gasteiger partial charge in [0, 0.05) is 28.5 Å². The van der Waals surface area contributed by atoms with Crippen molar-refractivity contribution in [2.24, 2.45) is 5.10 Å². The molecule has 0 aliphatic carbocycles. The van der Waals surface area contributed by atoms with E-state index in [1.54, 1.807) is 12.1 Å². The van der Waals surface area contributed by atoms with Crippen molar-refractivity contribution < 1.29 is 9.59 Å². The highest BCUT2D eigenvalue weighted by molar-refractivity contribution is 6.35. The van der Waals surface area contributed by atoms with E-state index in [0.29, 0.717) is 10.6 Å². The molecule has 32 heavy (non-hydrogen) atoms. The van der Waals surface area contributed by atoms with E-state index in [1.165, 1.54) is 6.21 Å². The lowest BCUT2D eigenvalue weighted by Gasteiger charge is -2.13. The van der Waals surface area contributed by atoms with E-state index in [9.17, 15) is 9.59 Å². The zero-order valence-electron chi connectivity index (χ0n) is 18.2. The molecule has 0 saturated carbocycles. The number of carbonyl (C=O) groups is 2. The van der Waals surface area contributed by atoms with E-state index in [0.717, 1.165) is 33.6 Å².